The molecule has 7 heteroatoms. The van der Waals surface area contributed by atoms with Gasteiger partial charge in [-0.3, -0.25) is 4.79 Å². The van der Waals surface area contributed by atoms with E-state index < -0.39 is 5.34 Å². The van der Waals surface area contributed by atoms with Gasteiger partial charge in [-0.25, -0.2) is 4.98 Å². The molecule has 5 nitrogen and oxygen atoms in total. The van der Waals surface area contributed by atoms with Crippen molar-refractivity contribution in [3.63, 3.8) is 0 Å². The molecule has 1 aromatic rings. The van der Waals surface area contributed by atoms with Crippen molar-refractivity contribution in [3.05, 3.63) is 29.6 Å². The van der Waals surface area contributed by atoms with Gasteiger partial charge in [0.05, 0.1) is 21.8 Å². The third-order valence-electron chi connectivity index (χ3n) is 5.20. The molecule has 0 aliphatic carbocycles. The van der Waals surface area contributed by atoms with Crippen molar-refractivity contribution in [1.82, 2.24) is 14.8 Å². The summed E-state index contributed by atoms with van der Waals surface area (Å²) in [5.41, 5.74) is 0.919. The molecular formula is C17H23B2N3O2. The first-order chi connectivity index (χ1) is 11.5. The zero-order valence-corrected chi connectivity index (χ0v) is 14.4. The lowest BCUT2D eigenvalue weighted by molar-refractivity contribution is 0.0614. The Morgan fingerprint density at radius 3 is 2.75 bits per heavy atom. The molecular weight excluding hydrogens is 300 g/mol. The fraction of sp³-hybridized carbons (Fsp3) is 0.647. The molecule has 1 aromatic heterocycles. The molecule has 1 atom stereocenters. The molecule has 2 fully saturated rings. The van der Waals surface area contributed by atoms with Gasteiger partial charge in [-0.2, -0.15) is 0 Å². The number of pyridine rings is 1. The molecule has 3 rings (SSSR count). The van der Waals surface area contributed by atoms with Crippen molar-refractivity contribution in [2.24, 2.45) is 5.92 Å². The highest BCUT2D eigenvalue weighted by molar-refractivity contribution is 6.39. The smallest absolute Gasteiger partial charge is 0.272 e. The Labute approximate surface area is 146 Å². The Bertz CT molecular complexity index is 605. The molecule has 4 radical (unpaired) electrons. The minimum Gasteiger partial charge on any atom is -0.380 e. The van der Waals surface area contributed by atoms with E-state index in [1.54, 1.807) is 30.2 Å². The minimum atomic E-state index is -1.14. The van der Waals surface area contributed by atoms with Crippen molar-refractivity contribution in [3.8, 4) is 0 Å². The average molecular weight is 323 g/mol. The molecule has 0 saturated carbocycles. The number of hydrogen-bond donors (Lipinski definition) is 0. The monoisotopic (exact) mass is 323 g/mol. The first-order valence-corrected chi connectivity index (χ1v) is 8.58. The molecule has 2 aliphatic rings. The van der Waals surface area contributed by atoms with Crippen molar-refractivity contribution in [2.75, 3.05) is 33.3 Å². The van der Waals surface area contributed by atoms with Gasteiger partial charge in [0, 0.05) is 39.0 Å². The van der Waals surface area contributed by atoms with Crippen LogP contribution in [0.5, 0.6) is 0 Å². The molecule has 0 aromatic carbocycles. The summed E-state index contributed by atoms with van der Waals surface area (Å²) in [7, 11) is 14.3. The lowest BCUT2D eigenvalue weighted by Crippen LogP contribution is -2.59. The first kappa shape index (κ1) is 17.5. The van der Waals surface area contributed by atoms with E-state index in [9.17, 15) is 4.79 Å². The second-order valence-corrected chi connectivity index (χ2v) is 6.81. The standard InChI is InChI=1S/C17H23B2N3O2/c1-3-12-9-22(10-12)17(18,19)15-6-4-5-14(20-15)16(23)21-8-7-13(11-21)24-2/h4-6,12-13H,3,7-11H2,1-2H3. The number of aromatic nitrogens is 1. The molecule has 0 N–H and O–H groups in total. The van der Waals surface area contributed by atoms with E-state index in [1.165, 1.54) is 0 Å². The Balaban J connectivity index is 1.73. The third kappa shape index (κ3) is 3.24. The van der Waals surface area contributed by atoms with Gasteiger partial charge in [-0.05, 0) is 29.8 Å². The van der Waals surface area contributed by atoms with Crippen LogP contribution in [0, 0.1) is 5.92 Å². The summed E-state index contributed by atoms with van der Waals surface area (Å²) in [4.78, 5) is 20.9. The largest absolute Gasteiger partial charge is 0.380 e. The topological polar surface area (TPSA) is 45.7 Å². The van der Waals surface area contributed by atoms with Gasteiger partial charge in [0.25, 0.3) is 5.91 Å². The van der Waals surface area contributed by atoms with Gasteiger partial charge in [-0.1, -0.05) is 19.4 Å². The Morgan fingerprint density at radius 1 is 1.38 bits per heavy atom. The van der Waals surface area contributed by atoms with Gasteiger partial charge >= 0.3 is 0 Å². The average Bonchev–Trinajstić information content (AvgIpc) is 3.02. The van der Waals surface area contributed by atoms with Crippen LogP contribution >= 0.6 is 0 Å². The number of methoxy groups -OCH3 is 1. The van der Waals surface area contributed by atoms with Crippen LogP contribution in [0.4, 0.5) is 0 Å². The number of rotatable bonds is 5. The highest BCUT2D eigenvalue weighted by Gasteiger charge is 2.37. The maximum atomic E-state index is 12.7. The SMILES string of the molecule is [B]C([B])(c1cccc(C(=O)N2CCC(OC)C2)n1)N1CC(CC)C1. The molecule has 1 unspecified atom stereocenters. The molecule has 0 spiro atoms. The normalized spacial score (nSPS) is 22.6. The second-order valence-electron chi connectivity index (χ2n) is 6.81. The molecule has 2 aliphatic heterocycles. The number of hydrogen-bond acceptors (Lipinski definition) is 4. The Morgan fingerprint density at radius 2 is 2.12 bits per heavy atom. The lowest BCUT2D eigenvalue weighted by atomic mass is 9.57. The molecule has 24 heavy (non-hydrogen) atoms. The van der Waals surface area contributed by atoms with Crippen molar-refractivity contribution in [2.45, 2.75) is 31.2 Å². The summed E-state index contributed by atoms with van der Waals surface area (Å²) in [5, 5.41) is -1.14. The number of nitrogens with zero attached hydrogens (tertiary/aromatic N) is 3. The number of carbonyl (C=O) groups excluding carboxylic acids is 1. The molecule has 0 bridgehead atoms. The molecule has 3 heterocycles. The summed E-state index contributed by atoms with van der Waals surface area (Å²) < 4.78 is 5.32. The Hall–Kier alpha value is -1.33. The fourth-order valence-corrected chi connectivity index (χ4v) is 3.34. The summed E-state index contributed by atoms with van der Waals surface area (Å²) in [5.74, 6) is 0.541. The zero-order chi connectivity index (χ0) is 17.3. The van der Waals surface area contributed by atoms with E-state index in [4.69, 9.17) is 20.4 Å². The highest BCUT2D eigenvalue weighted by Crippen LogP contribution is 2.30. The number of amides is 1. The predicted octanol–water partition coefficient (Wildman–Crippen LogP) is 0.732. The van der Waals surface area contributed by atoms with Crippen LogP contribution in [0.1, 0.15) is 35.9 Å². The van der Waals surface area contributed by atoms with Crippen LogP contribution in [0.25, 0.3) is 0 Å². The van der Waals surface area contributed by atoms with E-state index in [0.29, 0.717) is 30.4 Å². The molecule has 2 saturated heterocycles. The molecule has 124 valence electrons. The first-order valence-electron chi connectivity index (χ1n) is 8.58. The van der Waals surface area contributed by atoms with Gasteiger partial charge in [0.2, 0.25) is 0 Å². The summed E-state index contributed by atoms with van der Waals surface area (Å²) in [6.45, 7) is 5.18. The van der Waals surface area contributed by atoms with Gasteiger partial charge in [0.1, 0.15) is 5.69 Å². The van der Waals surface area contributed by atoms with Crippen LogP contribution in [-0.4, -0.2) is 75.8 Å². The highest BCUT2D eigenvalue weighted by atomic mass is 16.5. The summed E-state index contributed by atoms with van der Waals surface area (Å²) >= 11 is 0. The van der Waals surface area contributed by atoms with Crippen molar-refractivity contribution < 1.29 is 9.53 Å². The second kappa shape index (κ2) is 6.89. The van der Waals surface area contributed by atoms with E-state index in [2.05, 4.69) is 11.9 Å². The van der Waals surface area contributed by atoms with Gasteiger partial charge < -0.3 is 14.5 Å². The van der Waals surface area contributed by atoms with Crippen LogP contribution in [0.15, 0.2) is 18.2 Å². The number of carbonyl (C=O) groups is 1. The number of likely N-dealkylation sites (tertiary alicyclic amines) is 2. The van der Waals surface area contributed by atoms with Crippen LogP contribution in [0.3, 0.4) is 0 Å². The summed E-state index contributed by atoms with van der Waals surface area (Å²) in [6.07, 6.45) is 2.08. The van der Waals surface area contributed by atoms with E-state index >= 15 is 0 Å². The lowest BCUT2D eigenvalue weighted by Gasteiger charge is -2.50. The van der Waals surface area contributed by atoms with Gasteiger partial charge in [0.15, 0.2) is 0 Å². The van der Waals surface area contributed by atoms with E-state index in [-0.39, 0.29) is 12.0 Å². The Kier molecular flexibility index (Phi) is 5.02. The van der Waals surface area contributed by atoms with Crippen LogP contribution in [0.2, 0.25) is 0 Å². The van der Waals surface area contributed by atoms with E-state index in [1.807, 2.05) is 4.90 Å². The summed E-state index contributed by atoms with van der Waals surface area (Å²) in [6, 6.07) is 5.30. The maximum absolute atomic E-state index is 12.7. The minimum absolute atomic E-state index is 0.0951. The molecule has 1 amide bonds. The van der Waals surface area contributed by atoms with Gasteiger partial charge in [-0.15, -0.1) is 0 Å². The quantitative estimate of drug-likeness (QED) is 0.750. The van der Waals surface area contributed by atoms with Crippen molar-refractivity contribution >= 4 is 21.6 Å². The van der Waals surface area contributed by atoms with E-state index in [0.717, 1.165) is 25.9 Å². The third-order valence-corrected chi connectivity index (χ3v) is 5.20. The fourth-order valence-electron chi connectivity index (χ4n) is 3.34. The maximum Gasteiger partial charge on any atom is 0.272 e. The van der Waals surface area contributed by atoms with Crippen LogP contribution < -0.4 is 0 Å². The van der Waals surface area contributed by atoms with Crippen molar-refractivity contribution in [1.29, 1.82) is 0 Å². The zero-order valence-electron chi connectivity index (χ0n) is 14.4. The van der Waals surface area contributed by atoms with Crippen LogP contribution in [-0.2, 0) is 10.1 Å². The predicted molar refractivity (Wildman–Crippen MR) is 94.1 cm³/mol. The number of ether oxygens (including phenoxy) is 1.